The van der Waals surface area contributed by atoms with E-state index < -0.39 is 0 Å². The maximum atomic E-state index is 12.5. The minimum absolute atomic E-state index is 0.134. The molecule has 0 aliphatic carbocycles. The second kappa shape index (κ2) is 5.05. The number of hydrogen-bond donors (Lipinski definition) is 0. The van der Waals surface area contributed by atoms with Crippen LogP contribution in [0.4, 0.5) is 5.69 Å². The summed E-state index contributed by atoms with van der Waals surface area (Å²) in [7, 11) is 0. The number of aryl methyl sites for hydroxylation is 2. The zero-order valence-electron chi connectivity index (χ0n) is 12.3. The van der Waals surface area contributed by atoms with Crippen LogP contribution in [-0.4, -0.2) is 11.6 Å². The number of nitrogens with zero attached hydrogens (tertiary/aromatic N) is 2. The summed E-state index contributed by atoms with van der Waals surface area (Å²) in [6.07, 6.45) is 1.74. The van der Waals surface area contributed by atoms with Crippen LogP contribution in [0.1, 0.15) is 24.0 Å². The molecule has 4 heteroatoms. The molecule has 1 amide bonds. The maximum Gasteiger partial charge on any atom is 0.280 e. The van der Waals surface area contributed by atoms with E-state index in [0.717, 1.165) is 17.0 Å². The van der Waals surface area contributed by atoms with E-state index in [1.165, 1.54) is 5.01 Å². The molecule has 21 heavy (non-hydrogen) atoms. The van der Waals surface area contributed by atoms with Crippen LogP contribution in [0.25, 0.3) is 6.08 Å². The normalized spacial score (nSPS) is 16.7. The summed E-state index contributed by atoms with van der Waals surface area (Å²) >= 11 is 0. The molecule has 0 unspecified atom stereocenters. The highest BCUT2D eigenvalue weighted by Crippen LogP contribution is 2.25. The van der Waals surface area contributed by atoms with Gasteiger partial charge in [-0.25, -0.2) is 0 Å². The molecule has 2 aromatic rings. The number of rotatable bonds is 2. The van der Waals surface area contributed by atoms with Gasteiger partial charge in [-0.2, -0.15) is 10.1 Å². The fourth-order valence-corrected chi connectivity index (χ4v) is 2.22. The molecule has 1 aromatic heterocycles. The van der Waals surface area contributed by atoms with Gasteiger partial charge in [0.2, 0.25) is 0 Å². The third-order valence-electron chi connectivity index (χ3n) is 3.39. The standard InChI is InChI=1S/C17H16N2O2/c1-11-4-7-14(8-5-11)19-17(20)16(13(3)18-19)10-15-9-6-12(2)21-15/h4-10H,1-3H3/b16-10+. The van der Waals surface area contributed by atoms with Gasteiger partial charge >= 0.3 is 0 Å². The van der Waals surface area contributed by atoms with Crippen LogP contribution in [-0.2, 0) is 4.79 Å². The van der Waals surface area contributed by atoms with Crippen molar-refractivity contribution in [1.82, 2.24) is 0 Å². The fraction of sp³-hybridized carbons (Fsp3) is 0.176. The number of benzene rings is 1. The van der Waals surface area contributed by atoms with Gasteiger partial charge in [-0.15, -0.1) is 0 Å². The molecular formula is C17H16N2O2. The summed E-state index contributed by atoms with van der Waals surface area (Å²) in [6, 6.07) is 11.4. The first kappa shape index (κ1) is 13.4. The van der Waals surface area contributed by atoms with E-state index in [4.69, 9.17) is 4.42 Å². The van der Waals surface area contributed by atoms with E-state index in [-0.39, 0.29) is 5.91 Å². The van der Waals surface area contributed by atoms with Crippen LogP contribution < -0.4 is 5.01 Å². The molecule has 0 saturated heterocycles. The average molecular weight is 280 g/mol. The largest absolute Gasteiger partial charge is 0.462 e. The van der Waals surface area contributed by atoms with Crippen molar-refractivity contribution < 1.29 is 9.21 Å². The molecular weight excluding hydrogens is 264 g/mol. The second-order valence-electron chi connectivity index (χ2n) is 5.14. The Morgan fingerprint density at radius 1 is 1.05 bits per heavy atom. The Balaban J connectivity index is 1.93. The van der Waals surface area contributed by atoms with Gasteiger partial charge in [0.25, 0.3) is 5.91 Å². The Morgan fingerprint density at radius 3 is 2.38 bits per heavy atom. The van der Waals surface area contributed by atoms with Crippen LogP contribution in [0.3, 0.4) is 0 Å². The van der Waals surface area contributed by atoms with Gasteiger partial charge in [0.15, 0.2) is 0 Å². The Kier molecular flexibility index (Phi) is 3.22. The SMILES string of the molecule is CC1=NN(c2ccc(C)cc2)C(=O)/C1=C/c1ccc(C)o1. The number of carbonyl (C=O) groups excluding carboxylic acids is 1. The highest BCUT2D eigenvalue weighted by molar-refractivity contribution is 6.32. The first-order valence-corrected chi connectivity index (χ1v) is 6.79. The second-order valence-corrected chi connectivity index (χ2v) is 5.14. The molecule has 4 nitrogen and oxygen atoms in total. The van der Waals surface area contributed by atoms with Crippen LogP contribution in [0.2, 0.25) is 0 Å². The topological polar surface area (TPSA) is 45.8 Å². The molecule has 0 atom stereocenters. The molecule has 2 heterocycles. The molecule has 0 spiro atoms. The van der Waals surface area contributed by atoms with Gasteiger partial charge in [-0.1, -0.05) is 17.7 Å². The zero-order chi connectivity index (χ0) is 15.0. The van der Waals surface area contributed by atoms with Crippen molar-refractivity contribution in [2.45, 2.75) is 20.8 Å². The number of furan rings is 1. The quantitative estimate of drug-likeness (QED) is 0.787. The lowest BCUT2D eigenvalue weighted by Gasteiger charge is -2.11. The molecule has 1 aliphatic rings. The minimum Gasteiger partial charge on any atom is -0.462 e. The first-order chi connectivity index (χ1) is 10.0. The maximum absolute atomic E-state index is 12.5. The molecule has 0 N–H and O–H groups in total. The number of carbonyl (C=O) groups is 1. The molecule has 0 fully saturated rings. The van der Waals surface area contributed by atoms with Crippen LogP contribution in [0, 0.1) is 13.8 Å². The van der Waals surface area contributed by atoms with E-state index in [2.05, 4.69) is 5.10 Å². The zero-order valence-corrected chi connectivity index (χ0v) is 12.3. The lowest BCUT2D eigenvalue weighted by atomic mass is 10.1. The predicted octanol–water partition coefficient (Wildman–Crippen LogP) is 3.70. The summed E-state index contributed by atoms with van der Waals surface area (Å²) in [5.74, 6) is 1.35. The van der Waals surface area contributed by atoms with Gasteiger partial charge in [-0.3, -0.25) is 4.79 Å². The fourth-order valence-electron chi connectivity index (χ4n) is 2.22. The van der Waals surface area contributed by atoms with Gasteiger partial charge in [0.05, 0.1) is 17.0 Å². The van der Waals surface area contributed by atoms with Gasteiger partial charge in [0, 0.05) is 0 Å². The smallest absolute Gasteiger partial charge is 0.280 e. The molecule has 1 aromatic carbocycles. The number of anilines is 1. The van der Waals surface area contributed by atoms with Gasteiger partial charge in [0.1, 0.15) is 11.5 Å². The molecule has 1 aliphatic heterocycles. The third-order valence-corrected chi connectivity index (χ3v) is 3.39. The van der Waals surface area contributed by atoms with E-state index in [1.807, 2.05) is 57.2 Å². The minimum atomic E-state index is -0.134. The van der Waals surface area contributed by atoms with Gasteiger partial charge in [-0.05, 0) is 51.1 Å². The summed E-state index contributed by atoms with van der Waals surface area (Å²) in [5.41, 5.74) is 3.16. The predicted molar refractivity (Wildman–Crippen MR) is 83.2 cm³/mol. The summed E-state index contributed by atoms with van der Waals surface area (Å²) in [4.78, 5) is 12.5. The lowest BCUT2D eigenvalue weighted by Crippen LogP contribution is -2.21. The first-order valence-electron chi connectivity index (χ1n) is 6.79. The van der Waals surface area contributed by atoms with E-state index in [1.54, 1.807) is 6.08 Å². The third kappa shape index (κ3) is 2.52. The average Bonchev–Trinajstić information content (AvgIpc) is 2.98. The Hall–Kier alpha value is -2.62. The van der Waals surface area contributed by atoms with Crippen molar-refractivity contribution in [3.8, 4) is 0 Å². The van der Waals surface area contributed by atoms with Crippen molar-refractivity contribution in [3.05, 3.63) is 59.1 Å². The molecule has 0 saturated carbocycles. The number of hydrogen-bond acceptors (Lipinski definition) is 3. The van der Waals surface area contributed by atoms with Gasteiger partial charge < -0.3 is 4.42 Å². The Morgan fingerprint density at radius 2 is 1.76 bits per heavy atom. The monoisotopic (exact) mass is 280 g/mol. The van der Waals surface area contributed by atoms with E-state index in [9.17, 15) is 4.79 Å². The van der Waals surface area contributed by atoms with Crippen LogP contribution in [0.15, 0.2) is 51.5 Å². The summed E-state index contributed by atoms with van der Waals surface area (Å²) in [6.45, 7) is 5.71. The van der Waals surface area contributed by atoms with Crippen molar-refractivity contribution in [3.63, 3.8) is 0 Å². The number of amides is 1. The van der Waals surface area contributed by atoms with E-state index >= 15 is 0 Å². The van der Waals surface area contributed by atoms with Crippen LogP contribution >= 0.6 is 0 Å². The molecule has 0 bridgehead atoms. The van der Waals surface area contributed by atoms with Crippen molar-refractivity contribution in [2.75, 3.05) is 5.01 Å². The van der Waals surface area contributed by atoms with Crippen molar-refractivity contribution in [1.29, 1.82) is 0 Å². The Labute approximate surface area is 123 Å². The highest BCUT2D eigenvalue weighted by atomic mass is 16.3. The summed E-state index contributed by atoms with van der Waals surface area (Å²) < 4.78 is 5.50. The summed E-state index contributed by atoms with van der Waals surface area (Å²) in [5, 5.41) is 5.77. The highest BCUT2D eigenvalue weighted by Gasteiger charge is 2.28. The lowest BCUT2D eigenvalue weighted by molar-refractivity contribution is -0.114. The van der Waals surface area contributed by atoms with Crippen molar-refractivity contribution in [2.24, 2.45) is 5.10 Å². The molecule has 0 radical (unpaired) electrons. The number of hydrazone groups is 1. The molecule has 106 valence electrons. The molecule has 3 rings (SSSR count). The van der Waals surface area contributed by atoms with E-state index in [0.29, 0.717) is 17.0 Å². The van der Waals surface area contributed by atoms with Crippen molar-refractivity contribution >= 4 is 23.4 Å². The Bertz CT molecular complexity index is 751. The van der Waals surface area contributed by atoms with Crippen LogP contribution in [0.5, 0.6) is 0 Å².